The molecule has 0 bridgehead atoms. The highest BCUT2D eigenvalue weighted by Crippen LogP contribution is 2.22. The molecule has 1 aliphatic rings. The second kappa shape index (κ2) is 4.98. The van der Waals surface area contributed by atoms with Gasteiger partial charge in [0.2, 0.25) is 16.3 Å². The molecule has 0 aliphatic heterocycles. The highest BCUT2D eigenvalue weighted by atomic mass is 27.1. The second-order valence-corrected chi connectivity index (χ2v) is 5.30. The molecule has 0 saturated heterocycles. The van der Waals surface area contributed by atoms with E-state index in [1.165, 1.54) is 15.3 Å². The van der Waals surface area contributed by atoms with Crippen LogP contribution >= 0.6 is 0 Å². The normalized spacial score (nSPS) is 16.0. The fourth-order valence-electron chi connectivity index (χ4n) is 1.26. The van der Waals surface area contributed by atoms with Crippen LogP contribution in [0.25, 0.3) is 0 Å². The molecule has 0 aromatic heterocycles. The van der Waals surface area contributed by atoms with Crippen LogP contribution in [0.3, 0.4) is 0 Å². The lowest BCUT2D eigenvalue weighted by molar-refractivity contribution is 0.220. The first kappa shape index (κ1) is 11.2. The van der Waals surface area contributed by atoms with E-state index in [9.17, 15) is 4.79 Å². The highest BCUT2D eigenvalue weighted by Gasteiger charge is 2.15. The molecule has 0 unspecified atom stereocenters. The van der Waals surface area contributed by atoms with Gasteiger partial charge >= 0.3 is 15.2 Å². The number of hydrogen-bond donors (Lipinski definition) is 1. The first-order chi connectivity index (χ1) is 4.70. The van der Waals surface area contributed by atoms with Crippen LogP contribution in [-0.2, 0) is 0 Å². The number of allylic oxidation sites excluding steroid dienone is 2. The Morgan fingerprint density at radius 3 is 2.55 bits per heavy atom. The summed E-state index contributed by atoms with van der Waals surface area (Å²) in [4.78, 5) is 9.78. The van der Waals surface area contributed by atoms with Crippen LogP contribution < -0.4 is 0 Å². The molecular formula is C6H11Al2O3. The molecule has 1 rings (SSSR count). The SMILES string of the molecule is O.O=[C](O)[AlH][C]1=[C]([AlH])CCC1. The Bertz CT molecular complexity index is 188. The molecule has 0 atom stereocenters. The van der Waals surface area contributed by atoms with Gasteiger partial charge in [-0.2, -0.15) is 4.44 Å². The quantitative estimate of drug-likeness (QED) is 0.593. The summed E-state index contributed by atoms with van der Waals surface area (Å²) in [5.74, 6) is 0. The Morgan fingerprint density at radius 1 is 1.55 bits per heavy atom. The third-order valence-corrected chi connectivity index (χ3v) is 4.76. The lowest BCUT2D eigenvalue weighted by Gasteiger charge is -1.95. The zero-order valence-corrected chi connectivity index (χ0v) is 9.22. The van der Waals surface area contributed by atoms with Gasteiger partial charge in [-0.15, -0.1) is 4.44 Å². The maximum absolute atomic E-state index is 10.3. The molecule has 0 saturated carbocycles. The van der Waals surface area contributed by atoms with E-state index in [0.29, 0.717) is 0 Å². The highest BCUT2D eigenvalue weighted by molar-refractivity contribution is 6.78. The zero-order chi connectivity index (χ0) is 7.56. The van der Waals surface area contributed by atoms with Crippen molar-refractivity contribution in [1.29, 1.82) is 0 Å². The minimum atomic E-state index is -0.922. The van der Waals surface area contributed by atoms with Gasteiger partial charge in [-0.1, -0.05) is 0 Å². The third kappa shape index (κ3) is 3.43. The lowest BCUT2D eigenvalue weighted by Crippen LogP contribution is -2.08. The van der Waals surface area contributed by atoms with E-state index in [4.69, 9.17) is 5.11 Å². The van der Waals surface area contributed by atoms with Crippen LogP contribution in [0.1, 0.15) is 19.3 Å². The van der Waals surface area contributed by atoms with E-state index in [2.05, 4.69) is 0 Å². The molecule has 59 valence electrons. The summed E-state index contributed by atoms with van der Waals surface area (Å²) in [7, 11) is 0. The van der Waals surface area contributed by atoms with Gasteiger partial charge in [0, 0.05) is 0 Å². The van der Waals surface area contributed by atoms with Gasteiger partial charge in [-0.05, 0) is 19.3 Å². The van der Waals surface area contributed by atoms with Crippen LogP contribution in [0.5, 0.6) is 0 Å². The Morgan fingerprint density at radius 2 is 2.18 bits per heavy atom. The van der Waals surface area contributed by atoms with Crippen molar-refractivity contribution >= 4 is 36.3 Å². The van der Waals surface area contributed by atoms with Gasteiger partial charge in [0.25, 0.3) is 0 Å². The van der Waals surface area contributed by atoms with Gasteiger partial charge in [-0.25, -0.2) is 0 Å². The van der Waals surface area contributed by atoms with E-state index < -0.39 is 20.1 Å². The van der Waals surface area contributed by atoms with E-state index in [1.807, 2.05) is 16.3 Å². The average molecular weight is 185 g/mol. The second-order valence-electron chi connectivity index (χ2n) is 2.63. The van der Waals surface area contributed by atoms with Gasteiger partial charge in [0.1, 0.15) is 0 Å². The standard InChI is InChI=1S/C5H6.CHO2.2Al.H2O.2H/c1-2-4-5-3-1;2-1-3;;;;;/h1-3H2;(H,2,3);;;1H2;;. The third-order valence-electron chi connectivity index (χ3n) is 1.82. The van der Waals surface area contributed by atoms with Crippen LogP contribution in [0.4, 0.5) is 4.79 Å². The van der Waals surface area contributed by atoms with Gasteiger partial charge in [0.05, 0.1) is 0 Å². The Kier molecular flexibility index (Phi) is 5.09. The van der Waals surface area contributed by atoms with Crippen molar-refractivity contribution in [2.24, 2.45) is 0 Å². The van der Waals surface area contributed by atoms with Crippen molar-refractivity contribution in [2.45, 2.75) is 19.3 Å². The summed E-state index contributed by atoms with van der Waals surface area (Å²) < 4.78 is 2.68. The van der Waals surface area contributed by atoms with Gasteiger partial charge in [-0.3, -0.25) is 4.79 Å². The molecule has 1 aliphatic carbocycles. The number of hydrogen-bond acceptors (Lipinski definition) is 1. The summed E-state index contributed by atoms with van der Waals surface area (Å²) in [6.45, 7) is 0. The van der Waals surface area contributed by atoms with Crippen molar-refractivity contribution in [3.63, 3.8) is 0 Å². The Labute approximate surface area is 79.9 Å². The molecule has 1 radical (unpaired) electrons. The smallest absolute Gasteiger partial charge is 0.443 e. The van der Waals surface area contributed by atoms with Crippen LogP contribution in [0, 0.1) is 0 Å². The van der Waals surface area contributed by atoms with Crippen molar-refractivity contribution < 1.29 is 15.4 Å². The average Bonchev–Trinajstić information content (AvgIpc) is 2.15. The molecule has 0 heterocycles. The maximum Gasteiger partial charge on any atom is 0.443 e. The first-order valence-corrected chi connectivity index (χ1v) is 5.57. The molecule has 0 aromatic carbocycles. The minimum absolute atomic E-state index is 0. The number of rotatable bonds is 2. The summed E-state index contributed by atoms with van der Waals surface area (Å²) in [6.07, 6.45) is 3.40. The largest absolute Gasteiger partial charge is 0.496 e. The molecule has 3 nitrogen and oxygen atoms in total. The first-order valence-electron chi connectivity index (χ1n) is 3.45. The number of carboxylic acid groups (broad SMARTS) is 1. The molecular weight excluding hydrogens is 174 g/mol. The molecule has 0 spiro atoms. The van der Waals surface area contributed by atoms with Crippen LogP contribution in [0.15, 0.2) is 8.87 Å². The van der Waals surface area contributed by atoms with E-state index in [1.54, 1.807) is 0 Å². The fraction of sp³-hybridized carbons (Fsp3) is 0.500. The molecule has 5 heteroatoms. The maximum atomic E-state index is 10.3. The van der Waals surface area contributed by atoms with Crippen LogP contribution in [0.2, 0.25) is 0 Å². The Balaban J connectivity index is 0.000001000. The minimum Gasteiger partial charge on any atom is -0.496 e. The molecule has 0 fully saturated rings. The van der Waals surface area contributed by atoms with Crippen molar-refractivity contribution in [3.8, 4) is 0 Å². The molecule has 0 aromatic rings. The van der Waals surface area contributed by atoms with Gasteiger partial charge < -0.3 is 10.6 Å². The molecule has 11 heavy (non-hydrogen) atoms. The molecule has 3 N–H and O–H groups in total. The van der Waals surface area contributed by atoms with Gasteiger partial charge in [0.15, 0.2) is 4.83 Å². The predicted octanol–water partition coefficient (Wildman–Crippen LogP) is -0.427. The van der Waals surface area contributed by atoms with Crippen molar-refractivity contribution in [2.75, 3.05) is 0 Å². The summed E-state index contributed by atoms with van der Waals surface area (Å²) in [5.41, 5.74) is 0. The van der Waals surface area contributed by atoms with Crippen molar-refractivity contribution in [3.05, 3.63) is 8.87 Å². The predicted molar refractivity (Wildman–Crippen MR) is 46.8 cm³/mol. The fourth-order valence-corrected chi connectivity index (χ4v) is 3.29. The van der Waals surface area contributed by atoms with E-state index >= 15 is 0 Å². The zero-order valence-electron chi connectivity index (χ0n) is 6.39. The number of carbonyl (C=O) groups is 1. The van der Waals surface area contributed by atoms with Crippen molar-refractivity contribution in [1.82, 2.24) is 0 Å². The van der Waals surface area contributed by atoms with Crippen LogP contribution in [-0.4, -0.2) is 46.9 Å². The summed E-state index contributed by atoms with van der Waals surface area (Å²) in [6, 6.07) is 0. The van der Waals surface area contributed by atoms with E-state index in [0.717, 1.165) is 12.8 Å². The molecule has 0 amide bonds. The Hall–Kier alpha value is 0.235. The monoisotopic (exact) mass is 185 g/mol. The summed E-state index contributed by atoms with van der Waals surface area (Å²) in [5, 5.41) is 8.52. The van der Waals surface area contributed by atoms with E-state index in [-0.39, 0.29) is 5.48 Å². The lowest BCUT2D eigenvalue weighted by atomic mass is 10.4. The topological polar surface area (TPSA) is 68.8 Å². The summed E-state index contributed by atoms with van der Waals surface area (Å²) >= 11 is 0.951.